The SMILES string of the molecule is CO.C[C@@H]1C[C@H](CO)CCN1.[HH]. The van der Waals surface area contributed by atoms with Crippen LogP contribution in [0.25, 0.3) is 0 Å². The van der Waals surface area contributed by atoms with Crippen molar-refractivity contribution in [1.29, 1.82) is 0 Å². The van der Waals surface area contributed by atoms with E-state index < -0.39 is 0 Å². The molecule has 1 rings (SSSR count). The van der Waals surface area contributed by atoms with Gasteiger partial charge in [0.2, 0.25) is 0 Å². The Balaban J connectivity index is 0. The molecular formula is C8H21NO2. The molecule has 1 saturated heterocycles. The molecule has 0 aromatic carbocycles. The molecule has 3 nitrogen and oxygen atoms in total. The van der Waals surface area contributed by atoms with Gasteiger partial charge in [0.15, 0.2) is 0 Å². The zero-order valence-corrected chi connectivity index (χ0v) is 7.38. The third-order valence-electron chi connectivity index (χ3n) is 1.99. The lowest BCUT2D eigenvalue weighted by atomic mass is 9.94. The summed E-state index contributed by atoms with van der Waals surface area (Å²) in [6.45, 7) is 3.61. The van der Waals surface area contributed by atoms with Crippen LogP contribution in [0.2, 0.25) is 0 Å². The quantitative estimate of drug-likeness (QED) is 0.518. The molecule has 3 heteroatoms. The van der Waals surface area contributed by atoms with E-state index in [0.717, 1.165) is 26.5 Å². The highest BCUT2D eigenvalue weighted by atomic mass is 16.3. The van der Waals surface area contributed by atoms with Crippen molar-refractivity contribution in [3.63, 3.8) is 0 Å². The van der Waals surface area contributed by atoms with Gasteiger partial charge in [-0.05, 0) is 32.2 Å². The molecule has 0 saturated carbocycles. The summed E-state index contributed by atoms with van der Waals surface area (Å²) in [6, 6.07) is 0.607. The molecule has 1 heterocycles. The maximum atomic E-state index is 8.78. The molecule has 1 aliphatic heterocycles. The van der Waals surface area contributed by atoms with E-state index in [0.29, 0.717) is 18.6 Å². The molecule has 1 fully saturated rings. The summed E-state index contributed by atoms with van der Waals surface area (Å²) in [5.41, 5.74) is 0. The summed E-state index contributed by atoms with van der Waals surface area (Å²) in [5.74, 6) is 0.557. The fourth-order valence-electron chi connectivity index (χ4n) is 1.40. The van der Waals surface area contributed by atoms with E-state index in [4.69, 9.17) is 10.2 Å². The average molecular weight is 163 g/mol. The van der Waals surface area contributed by atoms with Crippen LogP contribution in [0.4, 0.5) is 0 Å². The summed E-state index contributed by atoms with van der Waals surface area (Å²) >= 11 is 0. The second kappa shape index (κ2) is 6.58. The lowest BCUT2D eigenvalue weighted by Crippen LogP contribution is -2.36. The molecule has 0 aromatic rings. The Morgan fingerprint density at radius 2 is 2.18 bits per heavy atom. The summed E-state index contributed by atoms with van der Waals surface area (Å²) in [6.07, 6.45) is 2.28. The first-order valence-electron chi connectivity index (χ1n) is 4.12. The van der Waals surface area contributed by atoms with Gasteiger partial charge in [-0.3, -0.25) is 0 Å². The first-order valence-corrected chi connectivity index (χ1v) is 4.12. The van der Waals surface area contributed by atoms with Crippen LogP contribution in [0.5, 0.6) is 0 Å². The van der Waals surface area contributed by atoms with Gasteiger partial charge in [-0.2, -0.15) is 0 Å². The predicted molar refractivity (Wildman–Crippen MR) is 47.5 cm³/mol. The maximum absolute atomic E-state index is 8.78. The van der Waals surface area contributed by atoms with Crippen LogP contribution < -0.4 is 5.32 Å². The van der Waals surface area contributed by atoms with Crippen LogP contribution in [-0.4, -0.2) is 36.5 Å². The van der Waals surface area contributed by atoms with E-state index in [2.05, 4.69) is 12.2 Å². The minimum atomic E-state index is 0. The Morgan fingerprint density at radius 3 is 2.55 bits per heavy atom. The number of aliphatic hydroxyl groups excluding tert-OH is 2. The molecule has 0 aromatic heterocycles. The standard InChI is InChI=1S/C7H15NO.CH4O.H2/c1-6-4-7(5-9)2-3-8-6;1-2;/h6-9H,2-5H2,1H3;2H,1H3;1H/t6-,7-;;/m1../s1. The topological polar surface area (TPSA) is 52.5 Å². The van der Waals surface area contributed by atoms with E-state index in [9.17, 15) is 0 Å². The molecule has 0 spiro atoms. The Morgan fingerprint density at radius 1 is 1.55 bits per heavy atom. The van der Waals surface area contributed by atoms with E-state index in [-0.39, 0.29) is 1.43 Å². The molecule has 0 unspecified atom stereocenters. The first-order chi connectivity index (χ1) is 5.33. The first kappa shape index (κ1) is 10.9. The highest BCUT2D eigenvalue weighted by Gasteiger charge is 2.16. The largest absolute Gasteiger partial charge is 0.400 e. The second-order valence-electron chi connectivity index (χ2n) is 2.93. The smallest absolute Gasteiger partial charge is 0.0460 e. The molecule has 0 radical (unpaired) electrons. The van der Waals surface area contributed by atoms with Crippen LogP contribution in [0.15, 0.2) is 0 Å². The highest BCUT2D eigenvalue weighted by molar-refractivity contribution is 4.73. The maximum Gasteiger partial charge on any atom is 0.0460 e. The lowest BCUT2D eigenvalue weighted by molar-refractivity contribution is 0.180. The highest BCUT2D eigenvalue weighted by Crippen LogP contribution is 2.14. The molecule has 0 amide bonds. The number of hydrogen-bond acceptors (Lipinski definition) is 3. The van der Waals surface area contributed by atoms with Crippen LogP contribution in [-0.2, 0) is 0 Å². The molecule has 1 aliphatic rings. The van der Waals surface area contributed by atoms with Crippen LogP contribution in [0.3, 0.4) is 0 Å². The van der Waals surface area contributed by atoms with Crippen molar-refractivity contribution in [2.24, 2.45) is 5.92 Å². The van der Waals surface area contributed by atoms with E-state index in [1.807, 2.05) is 0 Å². The summed E-state index contributed by atoms with van der Waals surface area (Å²) in [5, 5.41) is 19.1. The molecular weight excluding hydrogens is 142 g/mol. The minimum Gasteiger partial charge on any atom is -0.400 e. The predicted octanol–water partition coefficient (Wildman–Crippen LogP) is 0.221. The number of piperidine rings is 1. The molecule has 11 heavy (non-hydrogen) atoms. The van der Waals surface area contributed by atoms with Gasteiger partial charge in [-0.1, -0.05) is 0 Å². The van der Waals surface area contributed by atoms with Gasteiger partial charge in [0.25, 0.3) is 0 Å². The summed E-state index contributed by atoms with van der Waals surface area (Å²) in [7, 11) is 1.00. The van der Waals surface area contributed by atoms with Crippen molar-refractivity contribution in [3.05, 3.63) is 0 Å². The average Bonchev–Trinajstić information content (AvgIpc) is 2.08. The summed E-state index contributed by atoms with van der Waals surface area (Å²) in [4.78, 5) is 0. The lowest BCUT2D eigenvalue weighted by Gasteiger charge is -2.26. The van der Waals surface area contributed by atoms with Gasteiger partial charge in [0, 0.05) is 21.2 Å². The Bertz CT molecular complexity index is 93.1. The molecule has 70 valence electrons. The molecule has 0 aliphatic carbocycles. The second-order valence-corrected chi connectivity index (χ2v) is 2.93. The van der Waals surface area contributed by atoms with Crippen LogP contribution in [0, 0.1) is 5.92 Å². The number of hydrogen-bond donors (Lipinski definition) is 3. The summed E-state index contributed by atoms with van der Waals surface area (Å²) < 4.78 is 0. The number of nitrogens with one attached hydrogen (secondary N) is 1. The molecule has 3 N–H and O–H groups in total. The van der Waals surface area contributed by atoms with Gasteiger partial charge in [0.05, 0.1) is 0 Å². The van der Waals surface area contributed by atoms with Gasteiger partial charge < -0.3 is 15.5 Å². The Kier molecular flexibility index (Phi) is 6.51. The number of aliphatic hydroxyl groups is 2. The van der Waals surface area contributed by atoms with Crippen molar-refractivity contribution < 1.29 is 11.6 Å². The van der Waals surface area contributed by atoms with E-state index in [1.165, 1.54) is 0 Å². The number of rotatable bonds is 1. The van der Waals surface area contributed by atoms with Gasteiger partial charge >= 0.3 is 0 Å². The van der Waals surface area contributed by atoms with Gasteiger partial charge in [0.1, 0.15) is 0 Å². The Labute approximate surface area is 69.9 Å². The fourth-order valence-corrected chi connectivity index (χ4v) is 1.40. The van der Waals surface area contributed by atoms with Crippen LogP contribution >= 0.6 is 0 Å². The minimum absolute atomic E-state index is 0. The van der Waals surface area contributed by atoms with E-state index in [1.54, 1.807) is 0 Å². The van der Waals surface area contributed by atoms with Gasteiger partial charge in [-0.15, -0.1) is 0 Å². The normalized spacial score (nSPS) is 30.5. The van der Waals surface area contributed by atoms with Crippen molar-refractivity contribution in [1.82, 2.24) is 5.32 Å². The van der Waals surface area contributed by atoms with Crippen molar-refractivity contribution in [2.45, 2.75) is 25.8 Å². The monoisotopic (exact) mass is 163 g/mol. The fraction of sp³-hybridized carbons (Fsp3) is 1.00. The molecule has 2 atom stereocenters. The zero-order valence-electron chi connectivity index (χ0n) is 7.38. The van der Waals surface area contributed by atoms with Crippen LogP contribution in [0.1, 0.15) is 21.2 Å². The van der Waals surface area contributed by atoms with Gasteiger partial charge in [-0.25, -0.2) is 0 Å². The third kappa shape index (κ3) is 4.35. The molecule has 0 bridgehead atoms. The Hall–Kier alpha value is -0.120. The van der Waals surface area contributed by atoms with Crippen molar-refractivity contribution >= 4 is 0 Å². The van der Waals surface area contributed by atoms with E-state index >= 15 is 0 Å². The van der Waals surface area contributed by atoms with Crippen molar-refractivity contribution in [3.8, 4) is 0 Å². The zero-order chi connectivity index (χ0) is 8.69. The van der Waals surface area contributed by atoms with Crippen molar-refractivity contribution in [2.75, 3.05) is 20.3 Å². The third-order valence-corrected chi connectivity index (χ3v) is 1.99.